The zero-order chi connectivity index (χ0) is 13.9. The Labute approximate surface area is 117 Å². The first-order valence-electron chi connectivity index (χ1n) is 7.08. The minimum atomic E-state index is -0.0114. The van der Waals surface area contributed by atoms with Gasteiger partial charge in [-0.25, -0.2) is 15.0 Å². The van der Waals surface area contributed by atoms with Gasteiger partial charge in [0.15, 0.2) is 11.5 Å². The first kappa shape index (κ1) is 13.3. The molecule has 0 aliphatic carbocycles. The second-order valence-corrected chi connectivity index (χ2v) is 5.08. The predicted molar refractivity (Wildman–Crippen MR) is 76.0 cm³/mol. The smallest absolute Gasteiger partial charge is 0.167 e. The Morgan fingerprint density at radius 1 is 1.40 bits per heavy atom. The molecule has 2 aromatic heterocycles. The van der Waals surface area contributed by atoms with Crippen LogP contribution in [0.4, 0.5) is 5.82 Å². The van der Waals surface area contributed by atoms with Crippen LogP contribution in [0.1, 0.15) is 32.4 Å². The van der Waals surface area contributed by atoms with Gasteiger partial charge in [0.25, 0.3) is 0 Å². The lowest BCUT2D eigenvalue weighted by Crippen LogP contribution is -2.27. The Bertz CT molecular complexity index is 583. The van der Waals surface area contributed by atoms with Crippen molar-refractivity contribution in [3.05, 3.63) is 12.7 Å². The molecule has 1 aliphatic rings. The van der Waals surface area contributed by atoms with Crippen molar-refractivity contribution < 1.29 is 4.74 Å². The molecule has 7 nitrogen and oxygen atoms in total. The molecule has 2 atom stereocenters. The molecule has 2 aromatic rings. The summed E-state index contributed by atoms with van der Waals surface area (Å²) in [5, 5.41) is 3.39. The number of nitrogens with two attached hydrogens (primary N) is 1. The Morgan fingerprint density at radius 3 is 3.15 bits per heavy atom. The van der Waals surface area contributed by atoms with E-state index >= 15 is 0 Å². The highest BCUT2D eigenvalue weighted by Crippen LogP contribution is 2.30. The Kier molecular flexibility index (Phi) is 3.79. The van der Waals surface area contributed by atoms with E-state index in [1.165, 1.54) is 6.33 Å². The third kappa shape index (κ3) is 2.46. The van der Waals surface area contributed by atoms with Crippen LogP contribution in [0.2, 0.25) is 0 Å². The van der Waals surface area contributed by atoms with Gasteiger partial charge in [-0.15, -0.1) is 0 Å². The van der Waals surface area contributed by atoms with Crippen molar-refractivity contribution in [2.45, 2.75) is 38.5 Å². The molecule has 3 heterocycles. The lowest BCUT2D eigenvalue weighted by atomic mass is 10.2. The van der Waals surface area contributed by atoms with Gasteiger partial charge in [0.2, 0.25) is 0 Å². The summed E-state index contributed by atoms with van der Waals surface area (Å²) in [7, 11) is 0. The molecule has 7 heteroatoms. The lowest BCUT2D eigenvalue weighted by molar-refractivity contribution is 0.00504. The number of fused-ring (bicyclic) bond motifs is 1. The predicted octanol–water partition coefficient (Wildman–Crippen LogP) is 1.09. The van der Waals surface area contributed by atoms with Crippen LogP contribution >= 0.6 is 0 Å². The standard InChI is InChI=1S/C13H20N6O/c1-2-5-15-6-9-3-4-10(20-9)19-8-18-11-12(14)16-7-17-13(11)19/h7-10,15H,2-6H2,1H3,(H2,14,16,17)/t9-,10+/m0/s1. The maximum absolute atomic E-state index is 6.06. The molecule has 3 N–H and O–H groups in total. The fourth-order valence-corrected chi connectivity index (χ4v) is 2.56. The number of rotatable bonds is 5. The van der Waals surface area contributed by atoms with Crippen molar-refractivity contribution in [2.24, 2.45) is 0 Å². The Hall–Kier alpha value is -1.73. The van der Waals surface area contributed by atoms with Gasteiger partial charge >= 0.3 is 0 Å². The van der Waals surface area contributed by atoms with Crippen molar-refractivity contribution in [3.63, 3.8) is 0 Å². The highest BCUT2D eigenvalue weighted by Gasteiger charge is 2.27. The second kappa shape index (κ2) is 5.72. The number of nitrogen functional groups attached to an aromatic ring is 1. The summed E-state index contributed by atoms with van der Waals surface area (Å²) in [5.41, 5.74) is 7.18. The number of aromatic nitrogens is 4. The fraction of sp³-hybridized carbons (Fsp3) is 0.615. The molecular formula is C13H20N6O. The van der Waals surface area contributed by atoms with E-state index in [-0.39, 0.29) is 12.3 Å². The number of ether oxygens (including phenoxy) is 1. The minimum Gasteiger partial charge on any atom is -0.382 e. The highest BCUT2D eigenvalue weighted by molar-refractivity contribution is 5.81. The third-order valence-corrected chi connectivity index (χ3v) is 3.58. The largest absolute Gasteiger partial charge is 0.382 e. The van der Waals surface area contributed by atoms with Crippen molar-refractivity contribution in [1.29, 1.82) is 0 Å². The van der Waals surface area contributed by atoms with E-state index in [1.807, 2.05) is 4.57 Å². The Balaban J connectivity index is 1.72. The molecule has 3 rings (SSSR count). The summed E-state index contributed by atoms with van der Waals surface area (Å²) in [6.45, 7) is 4.09. The zero-order valence-corrected chi connectivity index (χ0v) is 11.6. The summed E-state index contributed by atoms with van der Waals surface area (Å²) >= 11 is 0. The summed E-state index contributed by atoms with van der Waals surface area (Å²) in [6, 6.07) is 0. The average Bonchev–Trinajstić information content (AvgIpc) is 3.06. The monoisotopic (exact) mass is 276 g/mol. The van der Waals surface area contributed by atoms with E-state index in [4.69, 9.17) is 10.5 Å². The quantitative estimate of drug-likeness (QED) is 0.794. The third-order valence-electron chi connectivity index (χ3n) is 3.58. The lowest BCUT2D eigenvalue weighted by Gasteiger charge is -2.15. The van der Waals surface area contributed by atoms with Gasteiger partial charge in [-0.1, -0.05) is 6.92 Å². The van der Waals surface area contributed by atoms with Crippen molar-refractivity contribution in [2.75, 3.05) is 18.8 Å². The number of nitrogens with one attached hydrogen (secondary N) is 1. The second-order valence-electron chi connectivity index (χ2n) is 5.08. The van der Waals surface area contributed by atoms with Gasteiger partial charge in [-0.2, -0.15) is 0 Å². The molecule has 1 fully saturated rings. The summed E-state index contributed by atoms with van der Waals surface area (Å²) in [4.78, 5) is 12.5. The highest BCUT2D eigenvalue weighted by atomic mass is 16.5. The number of hydrogen-bond donors (Lipinski definition) is 2. The van der Waals surface area contributed by atoms with E-state index in [1.54, 1.807) is 6.33 Å². The van der Waals surface area contributed by atoms with Crippen LogP contribution in [0.3, 0.4) is 0 Å². The number of anilines is 1. The molecule has 1 aliphatic heterocycles. The van der Waals surface area contributed by atoms with Gasteiger partial charge in [0.05, 0.1) is 12.4 Å². The maximum Gasteiger partial charge on any atom is 0.167 e. The van der Waals surface area contributed by atoms with Crippen LogP contribution in [0.25, 0.3) is 11.2 Å². The van der Waals surface area contributed by atoms with Gasteiger partial charge in [0, 0.05) is 6.54 Å². The summed E-state index contributed by atoms with van der Waals surface area (Å²) < 4.78 is 8.01. The summed E-state index contributed by atoms with van der Waals surface area (Å²) in [5.74, 6) is 0.410. The first-order chi connectivity index (χ1) is 9.79. The average molecular weight is 276 g/mol. The van der Waals surface area contributed by atoms with Crippen LogP contribution in [-0.4, -0.2) is 38.7 Å². The van der Waals surface area contributed by atoms with E-state index in [0.717, 1.165) is 38.0 Å². The van der Waals surface area contributed by atoms with Crippen molar-refractivity contribution in [3.8, 4) is 0 Å². The fourth-order valence-electron chi connectivity index (χ4n) is 2.56. The van der Waals surface area contributed by atoms with Crippen LogP contribution in [0.15, 0.2) is 12.7 Å². The first-order valence-corrected chi connectivity index (χ1v) is 7.08. The molecule has 20 heavy (non-hydrogen) atoms. The molecule has 0 bridgehead atoms. The number of nitrogens with zero attached hydrogens (tertiary/aromatic N) is 4. The molecule has 0 aromatic carbocycles. The maximum atomic E-state index is 6.06. The normalized spacial score (nSPS) is 22.6. The SMILES string of the molecule is CCCNC[C@@H]1CC[C@H](n2cnc3c(N)ncnc32)O1. The van der Waals surface area contributed by atoms with Crippen LogP contribution in [0.5, 0.6) is 0 Å². The van der Waals surface area contributed by atoms with Crippen molar-refractivity contribution >= 4 is 17.0 Å². The number of imidazole rings is 1. The molecule has 1 saturated heterocycles. The van der Waals surface area contributed by atoms with E-state index in [2.05, 4.69) is 27.2 Å². The molecular weight excluding hydrogens is 256 g/mol. The van der Waals surface area contributed by atoms with Crippen LogP contribution in [0, 0.1) is 0 Å². The van der Waals surface area contributed by atoms with E-state index in [0.29, 0.717) is 11.3 Å². The van der Waals surface area contributed by atoms with Gasteiger partial charge < -0.3 is 15.8 Å². The number of hydrogen-bond acceptors (Lipinski definition) is 6. The molecule has 0 saturated carbocycles. The van der Waals surface area contributed by atoms with Crippen LogP contribution in [-0.2, 0) is 4.74 Å². The minimum absolute atomic E-state index is 0.0114. The van der Waals surface area contributed by atoms with Gasteiger partial charge in [-0.3, -0.25) is 4.57 Å². The summed E-state index contributed by atoms with van der Waals surface area (Å²) in [6.07, 6.45) is 6.59. The van der Waals surface area contributed by atoms with Gasteiger partial charge in [0.1, 0.15) is 18.1 Å². The van der Waals surface area contributed by atoms with E-state index in [9.17, 15) is 0 Å². The molecule has 108 valence electrons. The van der Waals surface area contributed by atoms with Gasteiger partial charge in [-0.05, 0) is 25.8 Å². The molecule has 0 radical (unpaired) electrons. The van der Waals surface area contributed by atoms with E-state index < -0.39 is 0 Å². The molecule has 0 unspecified atom stereocenters. The van der Waals surface area contributed by atoms with Crippen molar-refractivity contribution in [1.82, 2.24) is 24.8 Å². The zero-order valence-electron chi connectivity index (χ0n) is 11.6. The Morgan fingerprint density at radius 2 is 2.30 bits per heavy atom. The topological polar surface area (TPSA) is 90.9 Å². The van der Waals surface area contributed by atoms with Crippen LogP contribution < -0.4 is 11.1 Å². The molecule has 0 spiro atoms. The molecule has 0 amide bonds.